The molecule has 2 N–H and O–H groups in total. The number of hydrogen-bond acceptors (Lipinski definition) is 4. The van der Waals surface area contributed by atoms with Gasteiger partial charge in [-0.25, -0.2) is 0 Å². The highest BCUT2D eigenvalue weighted by Gasteiger charge is 2.45. The van der Waals surface area contributed by atoms with E-state index in [0.717, 1.165) is 18.3 Å². The minimum atomic E-state index is -0.728. The molecule has 3 rings (SSSR count). The van der Waals surface area contributed by atoms with E-state index < -0.39 is 5.97 Å². The van der Waals surface area contributed by atoms with Crippen LogP contribution in [0.3, 0.4) is 0 Å². The molecule has 0 amide bonds. The minimum Gasteiger partial charge on any atom is -0.480 e. The van der Waals surface area contributed by atoms with Gasteiger partial charge in [0.05, 0.1) is 12.7 Å². The van der Waals surface area contributed by atoms with Crippen LogP contribution in [0.25, 0.3) is 0 Å². The molecule has 1 aliphatic carbocycles. The second-order valence-electron chi connectivity index (χ2n) is 11.3. The van der Waals surface area contributed by atoms with Gasteiger partial charge in [0.25, 0.3) is 0 Å². The third kappa shape index (κ3) is 6.43. The van der Waals surface area contributed by atoms with Gasteiger partial charge in [0.2, 0.25) is 0 Å². The van der Waals surface area contributed by atoms with Gasteiger partial charge in [0.1, 0.15) is 0 Å². The summed E-state index contributed by atoms with van der Waals surface area (Å²) in [7, 11) is 1.97. The smallest absolute Gasteiger partial charge is 0.317 e. The van der Waals surface area contributed by atoms with E-state index in [2.05, 4.69) is 31.0 Å². The van der Waals surface area contributed by atoms with Gasteiger partial charge >= 0.3 is 5.97 Å². The van der Waals surface area contributed by atoms with Crippen molar-refractivity contribution in [3.8, 4) is 0 Å². The molecule has 0 radical (unpaired) electrons. The Morgan fingerprint density at radius 1 is 1.13 bits per heavy atom. The maximum Gasteiger partial charge on any atom is 0.317 e. The maximum atomic E-state index is 11.3. The fourth-order valence-electron chi connectivity index (χ4n) is 6.28. The molecule has 0 aromatic carbocycles. The number of fused-ring (bicyclic) bond motifs is 1. The Kier molecular flexibility index (Phi) is 8.63. The van der Waals surface area contributed by atoms with Crippen molar-refractivity contribution >= 4 is 5.97 Å². The normalized spacial score (nSPS) is 34.6. The second-order valence-corrected chi connectivity index (χ2v) is 11.3. The number of nitrogens with zero attached hydrogens (tertiary/aromatic N) is 2. The van der Waals surface area contributed by atoms with Gasteiger partial charge in [-0.15, -0.1) is 0 Å². The van der Waals surface area contributed by atoms with Crippen molar-refractivity contribution in [2.24, 2.45) is 17.3 Å². The number of nitrogens with one attached hydrogen (secondary N) is 1. The van der Waals surface area contributed by atoms with Crippen LogP contribution in [0, 0.1) is 17.3 Å². The predicted molar refractivity (Wildman–Crippen MR) is 124 cm³/mol. The largest absolute Gasteiger partial charge is 0.480 e. The Morgan fingerprint density at radius 3 is 2.53 bits per heavy atom. The first-order valence-electron chi connectivity index (χ1n) is 12.7. The molecule has 2 heterocycles. The molecule has 3 fully saturated rings. The summed E-state index contributed by atoms with van der Waals surface area (Å²) in [5.74, 6) is 0.890. The number of unbranched alkanes of at least 4 members (excludes halogenated alkanes) is 3. The molecular weight excluding hydrogens is 374 g/mol. The summed E-state index contributed by atoms with van der Waals surface area (Å²) in [5, 5.41) is 13.2. The summed E-state index contributed by atoms with van der Waals surface area (Å²) in [6.45, 7) is 9.64. The van der Waals surface area contributed by atoms with Crippen LogP contribution in [0.2, 0.25) is 0 Å². The molecule has 5 nitrogen and oxygen atoms in total. The summed E-state index contributed by atoms with van der Waals surface area (Å²) in [4.78, 5) is 16.1. The number of rotatable bonds is 9. The topological polar surface area (TPSA) is 55.8 Å². The summed E-state index contributed by atoms with van der Waals surface area (Å²) < 4.78 is 0. The number of likely N-dealkylation sites (N-methyl/N-ethyl adjacent to an activating group) is 1. The highest BCUT2D eigenvalue weighted by Crippen LogP contribution is 2.42. The van der Waals surface area contributed by atoms with Crippen LogP contribution in [0.1, 0.15) is 91.4 Å². The Hall–Kier alpha value is -0.650. The average Bonchev–Trinajstić information content (AvgIpc) is 2.70. The Labute approximate surface area is 185 Å². The first-order valence-corrected chi connectivity index (χ1v) is 12.7. The number of aliphatic carboxylic acids is 1. The molecule has 0 aromatic rings. The molecule has 5 heteroatoms. The van der Waals surface area contributed by atoms with Crippen molar-refractivity contribution in [2.75, 3.05) is 26.7 Å². The fourth-order valence-corrected chi connectivity index (χ4v) is 6.28. The van der Waals surface area contributed by atoms with Crippen molar-refractivity contribution in [1.29, 1.82) is 0 Å². The van der Waals surface area contributed by atoms with E-state index >= 15 is 0 Å². The van der Waals surface area contributed by atoms with Crippen LogP contribution >= 0.6 is 0 Å². The number of piperidine rings is 2. The van der Waals surface area contributed by atoms with E-state index in [4.69, 9.17) is 0 Å². The molecule has 30 heavy (non-hydrogen) atoms. The summed E-state index contributed by atoms with van der Waals surface area (Å²) in [6.07, 6.45) is 14.7. The van der Waals surface area contributed by atoms with Crippen LogP contribution in [-0.2, 0) is 4.79 Å². The SMILES string of the molecule is CCCCCCC1CCC2NC(N(C)CC(=O)O)CC(N3CCC(C)(C)CC3)C2C1. The number of carbonyl (C=O) groups is 1. The summed E-state index contributed by atoms with van der Waals surface area (Å²) in [6, 6.07) is 1.15. The molecule has 1 saturated carbocycles. The lowest BCUT2D eigenvalue weighted by molar-refractivity contribution is -0.139. The van der Waals surface area contributed by atoms with E-state index in [-0.39, 0.29) is 12.7 Å². The average molecular weight is 422 g/mol. The molecule has 0 spiro atoms. The molecule has 0 aromatic heterocycles. The number of carboxylic acid groups (broad SMARTS) is 1. The fraction of sp³-hybridized carbons (Fsp3) is 0.960. The lowest BCUT2D eigenvalue weighted by atomic mass is 9.69. The molecule has 5 unspecified atom stereocenters. The lowest BCUT2D eigenvalue weighted by Crippen LogP contribution is -2.65. The molecule has 174 valence electrons. The van der Waals surface area contributed by atoms with Gasteiger partial charge in [-0.1, -0.05) is 52.9 Å². The van der Waals surface area contributed by atoms with Crippen molar-refractivity contribution < 1.29 is 9.90 Å². The van der Waals surface area contributed by atoms with Gasteiger partial charge in [-0.2, -0.15) is 0 Å². The Bertz CT molecular complexity index is 543. The minimum absolute atomic E-state index is 0.120. The Morgan fingerprint density at radius 2 is 1.87 bits per heavy atom. The van der Waals surface area contributed by atoms with Crippen LogP contribution < -0.4 is 5.32 Å². The quantitative estimate of drug-likeness (QED) is 0.534. The van der Waals surface area contributed by atoms with E-state index in [0.29, 0.717) is 17.5 Å². The van der Waals surface area contributed by atoms with Gasteiger partial charge in [0, 0.05) is 12.1 Å². The molecule has 2 saturated heterocycles. The number of carboxylic acids is 1. The highest BCUT2D eigenvalue weighted by atomic mass is 16.4. The Balaban J connectivity index is 1.66. The van der Waals surface area contributed by atoms with Crippen molar-refractivity contribution in [3.63, 3.8) is 0 Å². The van der Waals surface area contributed by atoms with E-state index in [1.54, 1.807) is 0 Å². The third-order valence-electron chi connectivity index (χ3n) is 8.38. The molecule has 0 bridgehead atoms. The van der Waals surface area contributed by atoms with Gasteiger partial charge < -0.3 is 5.11 Å². The summed E-state index contributed by atoms with van der Waals surface area (Å²) >= 11 is 0. The molecule has 5 atom stereocenters. The van der Waals surface area contributed by atoms with Gasteiger partial charge in [0.15, 0.2) is 0 Å². The van der Waals surface area contributed by atoms with E-state index in [1.807, 2.05) is 11.9 Å². The zero-order valence-electron chi connectivity index (χ0n) is 20.0. The standard InChI is InChI=1S/C25H47N3O2/c1-5-6-7-8-9-19-10-11-21-20(16-19)22(28-14-12-25(2,3)13-15-28)17-23(26-21)27(4)18-24(29)30/h19-23,26H,5-18H2,1-4H3,(H,29,30). The van der Waals surface area contributed by atoms with Crippen LogP contribution in [0.15, 0.2) is 0 Å². The maximum absolute atomic E-state index is 11.3. The molecular formula is C25H47N3O2. The first-order chi connectivity index (χ1) is 14.3. The molecule has 2 aliphatic heterocycles. The van der Waals surface area contributed by atoms with Crippen molar-refractivity contribution in [1.82, 2.24) is 15.1 Å². The van der Waals surface area contributed by atoms with Gasteiger partial charge in [-0.3, -0.25) is 19.9 Å². The molecule has 3 aliphatic rings. The van der Waals surface area contributed by atoms with Gasteiger partial charge in [-0.05, 0) is 75.9 Å². The van der Waals surface area contributed by atoms with E-state index in [9.17, 15) is 9.90 Å². The first kappa shape index (κ1) is 24.0. The lowest BCUT2D eigenvalue weighted by Gasteiger charge is -2.54. The predicted octanol–water partition coefficient (Wildman–Crippen LogP) is 4.57. The zero-order chi connectivity index (χ0) is 21.7. The third-order valence-corrected chi connectivity index (χ3v) is 8.38. The van der Waals surface area contributed by atoms with Crippen molar-refractivity contribution in [2.45, 2.75) is 110 Å². The second kappa shape index (κ2) is 10.8. The van der Waals surface area contributed by atoms with Crippen LogP contribution in [0.4, 0.5) is 0 Å². The highest BCUT2D eigenvalue weighted by molar-refractivity contribution is 5.69. The number of hydrogen-bond donors (Lipinski definition) is 2. The van der Waals surface area contributed by atoms with E-state index in [1.165, 1.54) is 77.3 Å². The summed E-state index contributed by atoms with van der Waals surface area (Å²) in [5.41, 5.74) is 0.469. The van der Waals surface area contributed by atoms with Crippen molar-refractivity contribution in [3.05, 3.63) is 0 Å². The van der Waals surface area contributed by atoms with Crippen LogP contribution in [0.5, 0.6) is 0 Å². The zero-order valence-corrected chi connectivity index (χ0v) is 20.0. The monoisotopic (exact) mass is 421 g/mol. The number of likely N-dealkylation sites (tertiary alicyclic amines) is 1. The van der Waals surface area contributed by atoms with Crippen LogP contribution in [-0.4, -0.2) is 65.8 Å².